The van der Waals surface area contributed by atoms with Crippen molar-refractivity contribution in [3.05, 3.63) is 0 Å². The summed E-state index contributed by atoms with van der Waals surface area (Å²) in [5.41, 5.74) is 0.239. The van der Waals surface area contributed by atoms with Crippen molar-refractivity contribution < 1.29 is 4.79 Å². The van der Waals surface area contributed by atoms with E-state index < -0.39 is 0 Å². The fraction of sp³-hybridized carbons (Fsp3) is 0.929. The van der Waals surface area contributed by atoms with Crippen LogP contribution in [0.5, 0.6) is 0 Å². The Bertz CT molecular complexity index is 234. The second kappa shape index (κ2) is 7.00. The molecule has 0 bridgehead atoms. The Balaban J connectivity index is 2.11. The van der Waals surface area contributed by atoms with Crippen LogP contribution in [-0.4, -0.2) is 25.5 Å². The molecule has 1 fully saturated rings. The molecule has 0 atom stereocenters. The summed E-state index contributed by atoms with van der Waals surface area (Å²) in [4.78, 5) is 11.7. The third-order valence-electron chi connectivity index (χ3n) is 3.56. The van der Waals surface area contributed by atoms with E-state index in [2.05, 4.69) is 31.4 Å². The normalized spacial score (nSPS) is 16.6. The van der Waals surface area contributed by atoms with Gasteiger partial charge in [-0.05, 0) is 30.8 Å². The Kier molecular flexibility index (Phi) is 5.96. The highest BCUT2D eigenvalue weighted by atomic mass is 16.1. The average molecular weight is 240 g/mol. The van der Waals surface area contributed by atoms with Crippen LogP contribution in [0.3, 0.4) is 0 Å². The highest BCUT2D eigenvalue weighted by Gasteiger charge is 2.22. The quantitative estimate of drug-likeness (QED) is 0.639. The van der Waals surface area contributed by atoms with Crippen LogP contribution < -0.4 is 10.6 Å². The number of unbranched alkanes of at least 4 members (excludes halogenated alkanes) is 2. The predicted octanol–water partition coefficient (Wildman–Crippen LogP) is 2.32. The molecule has 3 nitrogen and oxygen atoms in total. The zero-order valence-electron chi connectivity index (χ0n) is 11.6. The number of nitrogens with one attached hydrogen (secondary N) is 2. The van der Waals surface area contributed by atoms with Gasteiger partial charge in [0.1, 0.15) is 0 Å². The summed E-state index contributed by atoms with van der Waals surface area (Å²) < 4.78 is 0. The molecule has 1 saturated heterocycles. The van der Waals surface area contributed by atoms with E-state index >= 15 is 0 Å². The number of hydrogen-bond donors (Lipinski definition) is 2. The molecule has 17 heavy (non-hydrogen) atoms. The lowest BCUT2D eigenvalue weighted by Crippen LogP contribution is -2.45. The zero-order valence-corrected chi connectivity index (χ0v) is 11.6. The van der Waals surface area contributed by atoms with E-state index in [4.69, 9.17) is 0 Å². The molecule has 0 radical (unpaired) electrons. The Morgan fingerprint density at radius 3 is 2.59 bits per heavy atom. The van der Waals surface area contributed by atoms with Crippen LogP contribution in [0.25, 0.3) is 0 Å². The maximum Gasteiger partial charge on any atom is 0.220 e. The van der Waals surface area contributed by atoms with Gasteiger partial charge in [0.2, 0.25) is 5.91 Å². The lowest BCUT2D eigenvalue weighted by Gasteiger charge is -2.28. The van der Waals surface area contributed by atoms with Gasteiger partial charge in [0.05, 0.1) is 0 Å². The topological polar surface area (TPSA) is 41.1 Å². The maximum atomic E-state index is 11.7. The summed E-state index contributed by atoms with van der Waals surface area (Å²) in [6.07, 6.45) is 5.72. The van der Waals surface area contributed by atoms with Crippen molar-refractivity contribution in [3.8, 4) is 0 Å². The molecule has 0 aromatic heterocycles. The fourth-order valence-corrected chi connectivity index (χ4v) is 2.11. The SMILES string of the molecule is CCCCCC(C)(C)CNC(=O)CC1CNC1. The minimum Gasteiger partial charge on any atom is -0.356 e. The van der Waals surface area contributed by atoms with E-state index in [0.717, 1.165) is 19.6 Å². The standard InChI is InChI=1S/C14H28N2O/c1-4-5-6-7-14(2,3)11-16-13(17)8-12-9-15-10-12/h12,15H,4-11H2,1-3H3,(H,16,17). The average Bonchev–Trinajstić information content (AvgIpc) is 2.21. The molecule has 3 heteroatoms. The van der Waals surface area contributed by atoms with Crippen molar-refractivity contribution in [3.63, 3.8) is 0 Å². The van der Waals surface area contributed by atoms with E-state index in [-0.39, 0.29) is 11.3 Å². The molecule has 0 unspecified atom stereocenters. The summed E-state index contributed by atoms with van der Waals surface area (Å²) in [6.45, 7) is 9.54. The molecule has 100 valence electrons. The fourth-order valence-electron chi connectivity index (χ4n) is 2.11. The van der Waals surface area contributed by atoms with Crippen LogP contribution in [-0.2, 0) is 4.79 Å². The molecule has 0 aromatic carbocycles. The summed E-state index contributed by atoms with van der Waals surface area (Å²) in [6, 6.07) is 0. The summed E-state index contributed by atoms with van der Waals surface area (Å²) >= 11 is 0. The van der Waals surface area contributed by atoms with Crippen molar-refractivity contribution in [2.45, 2.75) is 52.9 Å². The number of hydrogen-bond acceptors (Lipinski definition) is 2. The van der Waals surface area contributed by atoms with Gasteiger partial charge in [0.25, 0.3) is 0 Å². The molecule has 1 aliphatic heterocycles. The van der Waals surface area contributed by atoms with Crippen molar-refractivity contribution in [1.82, 2.24) is 10.6 Å². The van der Waals surface area contributed by atoms with Crippen molar-refractivity contribution in [1.29, 1.82) is 0 Å². The molecule has 1 aliphatic rings. The van der Waals surface area contributed by atoms with E-state index in [0.29, 0.717) is 12.3 Å². The van der Waals surface area contributed by atoms with Crippen LogP contribution in [0.4, 0.5) is 0 Å². The predicted molar refractivity (Wildman–Crippen MR) is 71.9 cm³/mol. The van der Waals surface area contributed by atoms with Crippen LogP contribution in [0.15, 0.2) is 0 Å². The van der Waals surface area contributed by atoms with Crippen molar-refractivity contribution in [2.75, 3.05) is 19.6 Å². The first kappa shape index (κ1) is 14.5. The number of amides is 1. The largest absolute Gasteiger partial charge is 0.356 e. The molecule has 1 amide bonds. The van der Waals surface area contributed by atoms with E-state index in [9.17, 15) is 4.79 Å². The van der Waals surface area contributed by atoms with Gasteiger partial charge in [-0.1, -0.05) is 40.0 Å². The van der Waals surface area contributed by atoms with Crippen molar-refractivity contribution in [2.24, 2.45) is 11.3 Å². The van der Waals surface area contributed by atoms with Crippen molar-refractivity contribution >= 4 is 5.91 Å². The van der Waals surface area contributed by atoms with Gasteiger partial charge in [0, 0.05) is 13.0 Å². The van der Waals surface area contributed by atoms with Gasteiger partial charge in [-0.2, -0.15) is 0 Å². The molecule has 0 aromatic rings. The minimum absolute atomic E-state index is 0.222. The maximum absolute atomic E-state index is 11.7. The van der Waals surface area contributed by atoms with Gasteiger partial charge in [0.15, 0.2) is 0 Å². The molecule has 2 N–H and O–H groups in total. The highest BCUT2D eigenvalue weighted by molar-refractivity contribution is 5.76. The smallest absolute Gasteiger partial charge is 0.220 e. The molecular weight excluding hydrogens is 212 g/mol. The Morgan fingerprint density at radius 2 is 2.06 bits per heavy atom. The van der Waals surface area contributed by atoms with E-state index in [1.165, 1.54) is 25.7 Å². The molecule has 0 aliphatic carbocycles. The van der Waals surface area contributed by atoms with Crippen LogP contribution in [0, 0.1) is 11.3 Å². The Hall–Kier alpha value is -0.570. The second-order valence-electron chi connectivity index (χ2n) is 6.13. The number of carbonyl (C=O) groups excluding carboxylic acids is 1. The van der Waals surface area contributed by atoms with Gasteiger partial charge in [-0.25, -0.2) is 0 Å². The number of carbonyl (C=O) groups is 1. The third kappa shape index (κ3) is 6.06. The second-order valence-corrected chi connectivity index (χ2v) is 6.13. The lowest BCUT2D eigenvalue weighted by atomic mass is 9.86. The van der Waals surface area contributed by atoms with E-state index in [1.807, 2.05) is 0 Å². The van der Waals surface area contributed by atoms with Gasteiger partial charge >= 0.3 is 0 Å². The van der Waals surface area contributed by atoms with Crippen LogP contribution in [0.1, 0.15) is 52.9 Å². The lowest BCUT2D eigenvalue weighted by molar-refractivity contribution is -0.122. The minimum atomic E-state index is 0.222. The van der Waals surface area contributed by atoms with Crippen LogP contribution in [0.2, 0.25) is 0 Å². The molecule has 0 spiro atoms. The monoisotopic (exact) mass is 240 g/mol. The Morgan fingerprint density at radius 1 is 1.35 bits per heavy atom. The first-order valence-corrected chi connectivity index (χ1v) is 7.01. The third-order valence-corrected chi connectivity index (χ3v) is 3.56. The van der Waals surface area contributed by atoms with Gasteiger partial charge < -0.3 is 10.6 Å². The van der Waals surface area contributed by atoms with Crippen LogP contribution >= 0.6 is 0 Å². The molecule has 1 heterocycles. The number of rotatable bonds is 8. The zero-order chi connectivity index (χ0) is 12.7. The molecule has 0 saturated carbocycles. The highest BCUT2D eigenvalue weighted by Crippen LogP contribution is 2.22. The Labute approximate surface area is 106 Å². The molecular formula is C14H28N2O. The first-order chi connectivity index (χ1) is 8.03. The van der Waals surface area contributed by atoms with Gasteiger partial charge in [-0.15, -0.1) is 0 Å². The summed E-state index contributed by atoms with van der Waals surface area (Å²) in [5.74, 6) is 0.790. The van der Waals surface area contributed by atoms with E-state index in [1.54, 1.807) is 0 Å². The summed E-state index contributed by atoms with van der Waals surface area (Å²) in [7, 11) is 0. The molecule has 1 rings (SSSR count). The summed E-state index contributed by atoms with van der Waals surface area (Å²) in [5, 5.41) is 6.28. The van der Waals surface area contributed by atoms with Gasteiger partial charge in [-0.3, -0.25) is 4.79 Å². The first-order valence-electron chi connectivity index (χ1n) is 7.01.